The fourth-order valence-corrected chi connectivity index (χ4v) is 1.40. The van der Waals surface area contributed by atoms with E-state index in [1.807, 2.05) is 19.1 Å². The molecule has 0 saturated heterocycles. The van der Waals surface area contributed by atoms with Crippen molar-refractivity contribution in [3.63, 3.8) is 0 Å². The summed E-state index contributed by atoms with van der Waals surface area (Å²) in [5.74, 6) is 0.562. The van der Waals surface area contributed by atoms with Gasteiger partial charge in [-0.25, -0.2) is 4.79 Å². The van der Waals surface area contributed by atoms with Gasteiger partial charge in [-0.1, -0.05) is 12.1 Å². The van der Waals surface area contributed by atoms with Crippen LogP contribution in [0.5, 0.6) is 5.75 Å². The summed E-state index contributed by atoms with van der Waals surface area (Å²) in [5.41, 5.74) is 5.48. The van der Waals surface area contributed by atoms with E-state index in [-0.39, 0.29) is 5.69 Å². The molecule has 0 unspecified atom stereocenters. The van der Waals surface area contributed by atoms with E-state index in [0.29, 0.717) is 17.9 Å². The molecule has 1 aromatic carbocycles. The molecule has 78 valence electrons. The van der Waals surface area contributed by atoms with Crippen molar-refractivity contribution in [3.05, 3.63) is 34.7 Å². The van der Waals surface area contributed by atoms with E-state index >= 15 is 0 Å². The zero-order valence-electron chi connectivity index (χ0n) is 8.32. The minimum atomic E-state index is -0.533. The molecule has 0 saturated carbocycles. The lowest BCUT2D eigenvalue weighted by Gasteiger charge is -2.05. The van der Waals surface area contributed by atoms with Gasteiger partial charge in [-0.15, -0.1) is 0 Å². The molecular formula is C11H11NO3. The zero-order valence-corrected chi connectivity index (χ0v) is 8.32. The number of hydrogen-bond acceptors (Lipinski definition) is 4. The summed E-state index contributed by atoms with van der Waals surface area (Å²) in [6, 6.07) is 6.98. The normalized spacial score (nSPS) is 10.5. The van der Waals surface area contributed by atoms with Crippen LogP contribution in [-0.2, 0) is 0 Å². The molecule has 0 aliphatic rings. The SMILES string of the molecule is CCOc1cccc2cc(N)c(=O)oc12. The molecule has 1 aromatic heterocycles. The standard InChI is InChI=1S/C11H11NO3/c1-2-14-9-5-3-4-7-6-8(12)11(13)15-10(7)9/h3-6H,2,12H2,1H3. The van der Waals surface area contributed by atoms with Gasteiger partial charge < -0.3 is 14.9 Å². The summed E-state index contributed by atoms with van der Waals surface area (Å²) in [5, 5.41) is 0.762. The fraction of sp³-hybridized carbons (Fsp3) is 0.182. The highest BCUT2D eigenvalue weighted by Gasteiger charge is 2.06. The average Bonchev–Trinajstić information content (AvgIpc) is 2.21. The van der Waals surface area contributed by atoms with Gasteiger partial charge in [0.15, 0.2) is 11.3 Å². The second-order valence-electron chi connectivity index (χ2n) is 3.10. The second-order valence-corrected chi connectivity index (χ2v) is 3.10. The summed E-state index contributed by atoms with van der Waals surface area (Å²) in [6.07, 6.45) is 0. The number of ether oxygens (including phenoxy) is 1. The van der Waals surface area contributed by atoms with Crippen LogP contribution in [0.25, 0.3) is 11.0 Å². The highest BCUT2D eigenvalue weighted by molar-refractivity contribution is 5.84. The van der Waals surface area contributed by atoms with Gasteiger partial charge in [-0.3, -0.25) is 0 Å². The highest BCUT2D eigenvalue weighted by atomic mass is 16.5. The van der Waals surface area contributed by atoms with E-state index < -0.39 is 5.63 Å². The van der Waals surface area contributed by atoms with Gasteiger partial charge in [0.25, 0.3) is 0 Å². The molecule has 0 aliphatic heterocycles. The van der Waals surface area contributed by atoms with Crippen LogP contribution in [-0.4, -0.2) is 6.61 Å². The first kappa shape index (κ1) is 9.58. The number of anilines is 1. The molecule has 2 N–H and O–H groups in total. The molecule has 15 heavy (non-hydrogen) atoms. The average molecular weight is 205 g/mol. The van der Waals surface area contributed by atoms with Crippen molar-refractivity contribution >= 4 is 16.7 Å². The maximum Gasteiger partial charge on any atom is 0.359 e. The Bertz CT molecular complexity index is 545. The van der Waals surface area contributed by atoms with E-state index in [1.165, 1.54) is 0 Å². The smallest absolute Gasteiger partial charge is 0.359 e. The van der Waals surface area contributed by atoms with Gasteiger partial charge in [0.05, 0.1) is 6.61 Å². The number of benzene rings is 1. The third kappa shape index (κ3) is 1.66. The van der Waals surface area contributed by atoms with Crippen molar-refractivity contribution in [2.45, 2.75) is 6.92 Å². The maximum absolute atomic E-state index is 11.2. The van der Waals surface area contributed by atoms with Gasteiger partial charge in [0.1, 0.15) is 5.69 Å². The van der Waals surface area contributed by atoms with Crippen LogP contribution in [0.3, 0.4) is 0 Å². The first-order valence-corrected chi connectivity index (χ1v) is 4.67. The zero-order chi connectivity index (χ0) is 10.8. The molecule has 0 aliphatic carbocycles. The first-order chi connectivity index (χ1) is 7.22. The third-order valence-electron chi connectivity index (χ3n) is 2.05. The van der Waals surface area contributed by atoms with Crippen molar-refractivity contribution < 1.29 is 9.15 Å². The first-order valence-electron chi connectivity index (χ1n) is 4.67. The molecule has 2 aromatic rings. The van der Waals surface area contributed by atoms with Crippen LogP contribution in [0.1, 0.15) is 6.92 Å². The minimum absolute atomic E-state index is 0.108. The lowest BCUT2D eigenvalue weighted by Crippen LogP contribution is -2.06. The Hall–Kier alpha value is -1.97. The number of nitrogen functional groups attached to an aromatic ring is 1. The van der Waals surface area contributed by atoms with E-state index in [9.17, 15) is 4.79 Å². The predicted octanol–water partition coefficient (Wildman–Crippen LogP) is 1.77. The van der Waals surface area contributed by atoms with Gasteiger partial charge >= 0.3 is 5.63 Å². The molecule has 0 fully saturated rings. The minimum Gasteiger partial charge on any atom is -0.490 e. The maximum atomic E-state index is 11.2. The Morgan fingerprint density at radius 2 is 2.27 bits per heavy atom. The van der Waals surface area contributed by atoms with Crippen LogP contribution >= 0.6 is 0 Å². The Morgan fingerprint density at radius 3 is 3.00 bits per heavy atom. The van der Waals surface area contributed by atoms with Crippen molar-refractivity contribution in [1.29, 1.82) is 0 Å². The number of fused-ring (bicyclic) bond motifs is 1. The molecule has 0 amide bonds. The summed E-state index contributed by atoms with van der Waals surface area (Å²) in [7, 11) is 0. The number of para-hydroxylation sites is 1. The Balaban J connectivity index is 2.74. The van der Waals surface area contributed by atoms with Crippen LogP contribution in [0.4, 0.5) is 5.69 Å². The predicted molar refractivity (Wildman–Crippen MR) is 58.1 cm³/mol. The summed E-state index contributed by atoms with van der Waals surface area (Å²) in [4.78, 5) is 11.2. The van der Waals surface area contributed by atoms with E-state index in [2.05, 4.69) is 0 Å². The van der Waals surface area contributed by atoms with E-state index in [1.54, 1.807) is 12.1 Å². The molecule has 4 nitrogen and oxygen atoms in total. The Labute approximate surface area is 86.3 Å². The second kappa shape index (κ2) is 3.65. The lowest BCUT2D eigenvalue weighted by atomic mass is 10.2. The van der Waals surface area contributed by atoms with Crippen molar-refractivity contribution in [3.8, 4) is 5.75 Å². The summed E-state index contributed by atoms with van der Waals surface area (Å²) >= 11 is 0. The number of hydrogen-bond donors (Lipinski definition) is 1. The van der Waals surface area contributed by atoms with Gasteiger partial charge in [-0.2, -0.15) is 0 Å². The van der Waals surface area contributed by atoms with Gasteiger partial charge in [0.2, 0.25) is 0 Å². The molecule has 0 spiro atoms. The number of nitrogens with two attached hydrogens (primary N) is 1. The topological polar surface area (TPSA) is 65.5 Å². The van der Waals surface area contributed by atoms with Crippen molar-refractivity contribution in [2.24, 2.45) is 0 Å². The molecule has 2 rings (SSSR count). The molecule has 0 radical (unpaired) electrons. The monoisotopic (exact) mass is 205 g/mol. The molecule has 0 bridgehead atoms. The van der Waals surface area contributed by atoms with Crippen LogP contribution in [0.15, 0.2) is 33.5 Å². The highest BCUT2D eigenvalue weighted by Crippen LogP contribution is 2.25. The van der Waals surface area contributed by atoms with Crippen LogP contribution in [0, 0.1) is 0 Å². The van der Waals surface area contributed by atoms with Gasteiger partial charge in [0, 0.05) is 5.39 Å². The Kier molecular flexibility index (Phi) is 2.33. The molecule has 1 heterocycles. The van der Waals surface area contributed by atoms with Crippen LogP contribution < -0.4 is 16.1 Å². The summed E-state index contributed by atoms with van der Waals surface area (Å²) < 4.78 is 10.4. The largest absolute Gasteiger partial charge is 0.490 e. The number of rotatable bonds is 2. The van der Waals surface area contributed by atoms with E-state index in [0.717, 1.165) is 5.39 Å². The van der Waals surface area contributed by atoms with Crippen LogP contribution in [0.2, 0.25) is 0 Å². The fourth-order valence-electron chi connectivity index (χ4n) is 1.40. The quantitative estimate of drug-likeness (QED) is 0.759. The van der Waals surface area contributed by atoms with Crippen molar-refractivity contribution in [2.75, 3.05) is 12.3 Å². The van der Waals surface area contributed by atoms with Crippen molar-refractivity contribution in [1.82, 2.24) is 0 Å². The lowest BCUT2D eigenvalue weighted by molar-refractivity contribution is 0.337. The molecule has 0 atom stereocenters. The molecular weight excluding hydrogens is 194 g/mol. The van der Waals surface area contributed by atoms with Gasteiger partial charge in [-0.05, 0) is 19.1 Å². The molecule has 4 heteroatoms. The Morgan fingerprint density at radius 1 is 1.47 bits per heavy atom. The van der Waals surface area contributed by atoms with E-state index in [4.69, 9.17) is 14.9 Å². The summed E-state index contributed by atoms with van der Waals surface area (Å²) in [6.45, 7) is 2.39. The third-order valence-corrected chi connectivity index (χ3v) is 2.05.